The average molecular weight is 327 g/mol. The summed E-state index contributed by atoms with van der Waals surface area (Å²) in [7, 11) is 0. The van der Waals surface area contributed by atoms with Crippen molar-refractivity contribution in [2.75, 3.05) is 10.6 Å². The van der Waals surface area contributed by atoms with E-state index in [4.69, 9.17) is 10.5 Å². The van der Waals surface area contributed by atoms with Crippen molar-refractivity contribution in [3.05, 3.63) is 54.9 Å². The third-order valence-electron chi connectivity index (χ3n) is 3.64. The van der Waals surface area contributed by atoms with Crippen molar-refractivity contribution in [3.8, 4) is 11.5 Å². The Balaban J connectivity index is 1.60. The van der Waals surface area contributed by atoms with Crippen LogP contribution in [0.25, 0.3) is 0 Å². The summed E-state index contributed by atoms with van der Waals surface area (Å²) in [6.07, 6.45) is 2.37. The number of carboxylic acid groups (broad SMARTS) is 1. The number of hydrogen-bond acceptors (Lipinski definition) is 5. The molecule has 1 unspecified atom stereocenters. The Morgan fingerprint density at radius 2 is 1.87 bits per heavy atom. The van der Waals surface area contributed by atoms with Gasteiger partial charge in [0, 0.05) is 29.0 Å². The van der Waals surface area contributed by atoms with Crippen LogP contribution in [0, 0.1) is 0 Å². The van der Waals surface area contributed by atoms with Gasteiger partial charge in [-0.3, -0.25) is 4.90 Å². The molecule has 0 aliphatic carbocycles. The van der Waals surface area contributed by atoms with E-state index in [1.54, 1.807) is 24.5 Å². The van der Waals surface area contributed by atoms with E-state index in [1.165, 1.54) is 16.7 Å². The van der Waals surface area contributed by atoms with E-state index < -0.39 is 6.09 Å². The monoisotopic (exact) mass is 327 g/mol. The molecule has 0 aromatic heterocycles. The molecule has 0 spiro atoms. The van der Waals surface area contributed by atoms with Crippen LogP contribution in [0.3, 0.4) is 0 Å². The zero-order chi connectivity index (χ0) is 16.0. The number of amides is 1. The maximum atomic E-state index is 11.2. The topological polar surface area (TPSA) is 79.0 Å². The average Bonchev–Trinajstić information content (AvgIpc) is 3.08. The first-order valence-electron chi connectivity index (χ1n) is 6.94. The number of ether oxygens (including phenoxy) is 1. The fourth-order valence-corrected chi connectivity index (χ4v) is 3.77. The van der Waals surface area contributed by atoms with Gasteiger partial charge in [-0.15, -0.1) is 0 Å². The van der Waals surface area contributed by atoms with Gasteiger partial charge >= 0.3 is 6.09 Å². The zero-order valence-electron chi connectivity index (χ0n) is 11.9. The van der Waals surface area contributed by atoms with Crippen LogP contribution in [0.15, 0.2) is 59.8 Å². The largest absolute Gasteiger partial charge is 0.465 e. The van der Waals surface area contributed by atoms with Crippen LogP contribution in [0.2, 0.25) is 0 Å². The molecular formula is C16H13N3O3S. The Kier molecular flexibility index (Phi) is 3.09. The lowest BCUT2D eigenvalue weighted by atomic mass is 10.2. The number of hydrogen-bond donors (Lipinski definition) is 2. The van der Waals surface area contributed by atoms with Crippen molar-refractivity contribution < 1.29 is 14.6 Å². The molecule has 2 aliphatic rings. The summed E-state index contributed by atoms with van der Waals surface area (Å²) >= 11 is 1.50. The first-order valence-corrected chi connectivity index (χ1v) is 7.82. The minimum Gasteiger partial charge on any atom is -0.465 e. The van der Waals surface area contributed by atoms with Crippen LogP contribution in [0.5, 0.6) is 11.5 Å². The highest BCUT2D eigenvalue weighted by molar-refractivity contribution is 8.00. The number of rotatable bonds is 2. The minimum absolute atomic E-state index is 0.283. The van der Waals surface area contributed by atoms with E-state index in [0.29, 0.717) is 17.2 Å². The predicted molar refractivity (Wildman–Crippen MR) is 88.5 cm³/mol. The van der Waals surface area contributed by atoms with Gasteiger partial charge in [-0.1, -0.05) is 11.8 Å². The van der Waals surface area contributed by atoms with Gasteiger partial charge in [-0.25, -0.2) is 4.79 Å². The van der Waals surface area contributed by atoms with Crippen LogP contribution in [0.1, 0.15) is 0 Å². The number of nitrogen functional groups attached to an aromatic ring is 1. The number of thioether (sulfide) groups is 1. The number of nitrogens with zero attached hydrogens (tertiary/aromatic N) is 2. The van der Waals surface area contributed by atoms with Gasteiger partial charge in [0.1, 0.15) is 11.5 Å². The van der Waals surface area contributed by atoms with Gasteiger partial charge in [0.25, 0.3) is 0 Å². The zero-order valence-corrected chi connectivity index (χ0v) is 12.7. The molecule has 0 saturated heterocycles. The van der Waals surface area contributed by atoms with Gasteiger partial charge in [0.2, 0.25) is 0 Å². The third kappa shape index (κ3) is 2.35. The lowest BCUT2D eigenvalue weighted by Crippen LogP contribution is -2.35. The van der Waals surface area contributed by atoms with Crippen molar-refractivity contribution in [2.24, 2.45) is 0 Å². The molecule has 2 aromatic carbocycles. The van der Waals surface area contributed by atoms with E-state index in [9.17, 15) is 9.90 Å². The molecule has 7 heteroatoms. The van der Waals surface area contributed by atoms with Gasteiger partial charge in [-0.2, -0.15) is 0 Å². The molecule has 1 amide bonds. The van der Waals surface area contributed by atoms with E-state index in [2.05, 4.69) is 0 Å². The second kappa shape index (κ2) is 5.13. The smallest absolute Gasteiger partial charge is 0.413 e. The molecule has 2 aliphatic heterocycles. The first kappa shape index (κ1) is 13.8. The number of anilines is 2. The van der Waals surface area contributed by atoms with Crippen LogP contribution < -0.4 is 15.4 Å². The molecule has 2 aromatic rings. The third-order valence-corrected chi connectivity index (χ3v) is 4.91. The number of fused-ring (bicyclic) bond motifs is 3. The summed E-state index contributed by atoms with van der Waals surface area (Å²) in [6.45, 7) is 0. The summed E-state index contributed by atoms with van der Waals surface area (Å²) < 4.78 is 5.84. The quantitative estimate of drug-likeness (QED) is 0.818. The Bertz CT molecular complexity index is 807. The van der Waals surface area contributed by atoms with Gasteiger partial charge in [0.15, 0.2) is 5.50 Å². The highest BCUT2D eigenvalue weighted by Gasteiger charge is 2.39. The summed E-state index contributed by atoms with van der Waals surface area (Å²) in [6, 6.07) is 12.9. The van der Waals surface area contributed by atoms with E-state index >= 15 is 0 Å². The molecular weight excluding hydrogens is 314 g/mol. The Hall–Kier alpha value is -2.80. The second-order valence-corrected chi connectivity index (χ2v) is 6.24. The lowest BCUT2D eigenvalue weighted by molar-refractivity contribution is 0.163. The number of benzene rings is 2. The molecule has 3 N–H and O–H groups in total. The van der Waals surface area contributed by atoms with Gasteiger partial charge < -0.3 is 20.5 Å². The Morgan fingerprint density at radius 1 is 1.13 bits per heavy atom. The minimum atomic E-state index is -0.965. The van der Waals surface area contributed by atoms with E-state index in [-0.39, 0.29) is 5.50 Å². The molecule has 23 heavy (non-hydrogen) atoms. The van der Waals surface area contributed by atoms with Gasteiger partial charge in [-0.05, 0) is 36.4 Å². The molecule has 4 rings (SSSR count). The van der Waals surface area contributed by atoms with E-state index in [0.717, 1.165) is 10.6 Å². The summed E-state index contributed by atoms with van der Waals surface area (Å²) in [4.78, 5) is 15.5. The van der Waals surface area contributed by atoms with Crippen LogP contribution in [0.4, 0.5) is 16.2 Å². The SMILES string of the molecule is Nc1ccc(Oc2ccc3c(c2)N2C=CN(C(=O)O)C2S3)cc1. The highest BCUT2D eigenvalue weighted by Crippen LogP contribution is 2.48. The maximum absolute atomic E-state index is 11.2. The molecule has 2 heterocycles. The van der Waals surface area contributed by atoms with Crippen LogP contribution in [-0.2, 0) is 0 Å². The fourth-order valence-electron chi connectivity index (χ4n) is 2.54. The highest BCUT2D eigenvalue weighted by atomic mass is 32.2. The Morgan fingerprint density at radius 3 is 2.61 bits per heavy atom. The normalized spacial score (nSPS) is 18.0. The molecule has 0 bridgehead atoms. The van der Waals surface area contributed by atoms with Crippen molar-refractivity contribution in [1.29, 1.82) is 0 Å². The van der Waals surface area contributed by atoms with Crippen molar-refractivity contribution in [1.82, 2.24) is 4.90 Å². The van der Waals surface area contributed by atoms with Gasteiger partial charge in [0.05, 0.1) is 5.69 Å². The molecule has 116 valence electrons. The summed E-state index contributed by atoms with van der Waals surface area (Å²) in [5, 5.41) is 9.21. The van der Waals surface area contributed by atoms with Crippen molar-refractivity contribution in [2.45, 2.75) is 10.4 Å². The summed E-state index contributed by atoms with van der Waals surface area (Å²) in [5.74, 6) is 1.39. The second-order valence-electron chi connectivity index (χ2n) is 5.14. The van der Waals surface area contributed by atoms with Crippen LogP contribution >= 0.6 is 11.8 Å². The maximum Gasteiger partial charge on any atom is 0.413 e. The lowest BCUT2D eigenvalue weighted by Gasteiger charge is -2.21. The number of carbonyl (C=O) groups is 1. The summed E-state index contributed by atoms with van der Waals surface area (Å²) in [5.41, 5.74) is 7.00. The molecule has 6 nitrogen and oxygen atoms in total. The molecule has 1 atom stereocenters. The molecule has 0 saturated carbocycles. The number of nitrogens with two attached hydrogens (primary N) is 1. The fraction of sp³-hybridized carbons (Fsp3) is 0.0625. The van der Waals surface area contributed by atoms with E-state index in [1.807, 2.05) is 35.2 Å². The Labute approximate surface area is 136 Å². The van der Waals surface area contributed by atoms with Crippen molar-refractivity contribution >= 4 is 29.2 Å². The standard InChI is InChI=1S/C16H13N3O3S/c17-10-1-3-11(4-2-10)22-12-5-6-14-13(9-12)18-7-8-19(16(20)21)15(18)23-14/h1-9,15H,17H2,(H,20,21). The predicted octanol–water partition coefficient (Wildman–Crippen LogP) is 3.72. The van der Waals surface area contributed by atoms with Crippen LogP contribution in [-0.4, -0.2) is 21.6 Å². The molecule has 0 fully saturated rings. The van der Waals surface area contributed by atoms with Crippen molar-refractivity contribution in [3.63, 3.8) is 0 Å². The first-order chi connectivity index (χ1) is 11.1. The molecule has 0 radical (unpaired) electrons.